The van der Waals surface area contributed by atoms with Gasteiger partial charge >= 0.3 is 5.97 Å². The lowest BCUT2D eigenvalue weighted by atomic mass is 10.1. The van der Waals surface area contributed by atoms with E-state index in [2.05, 4.69) is 5.32 Å². The third-order valence-corrected chi connectivity index (χ3v) is 4.46. The van der Waals surface area contributed by atoms with Gasteiger partial charge in [-0.05, 0) is 31.2 Å². The van der Waals surface area contributed by atoms with Crippen LogP contribution >= 0.6 is 11.8 Å². The van der Waals surface area contributed by atoms with Gasteiger partial charge in [0.25, 0.3) is 0 Å². The molecule has 0 aromatic heterocycles. The van der Waals surface area contributed by atoms with E-state index in [0.717, 1.165) is 10.5 Å². The number of rotatable bonds is 8. The van der Waals surface area contributed by atoms with Gasteiger partial charge in [-0.15, -0.1) is 11.8 Å². The molecule has 0 heterocycles. The predicted octanol–water partition coefficient (Wildman–Crippen LogP) is 3.77. The van der Waals surface area contributed by atoms with Crippen LogP contribution in [0.25, 0.3) is 0 Å². The van der Waals surface area contributed by atoms with E-state index in [0.29, 0.717) is 17.0 Å². The molecule has 0 spiro atoms. The number of benzene rings is 2. The molecule has 5 nitrogen and oxygen atoms in total. The quantitative estimate of drug-likeness (QED) is 0.555. The first kappa shape index (κ1) is 18.7. The van der Waals surface area contributed by atoms with Gasteiger partial charge in [-0.25, -0.2) is 0 Å². The standard InChI is InChI=1S/C19H19NO4S/c1-13-2-4-14(5-3-13)17(21)12-25-16-8-6-15(7-9-16)20-18(22)10-11-19(23)24/h2-9H,10-12H2,1H3,(H,20,22)(H,23,24). The largest absolute Gasteiger partial charge is 0.481 e. The predicted molar refractivity (Wildman–Crippen MR) is 98.2 cm³/mol. The average Bonchev–Trinajstić information content (AvgIpc) is 2.60. The van der Waals surface area contributed by atoms with E-state index in [-0.39, 0.29) is 24.5 Å². The van der Waals surface area contributed by atoms with Crippen LogP contribution < -0.4 is 5.32 Å². The smallest absolute Gasteiger partial charge is 0.303 e. The van der Waals surface area contributed by atoms with E-state index in [1.165, 1.54) is 11.8 Å². The van der Waals surface area contributed by atoms with Gasteiger partial charge < -0.3 is 10.4 Å². The van der Waals surface area contributed by atoms with E-state index >= 15 is 0 Å². The molecular weight excluding hydrogens is 338 g/mol. The Hall–Kier alpha value is -2.60. The van der Waals surface area contributed by atoms with Crippen molar-refractivity contribution in [2.75, 3.05) is 11.1 Å². The highest BCUT2D eigenvalue weighted by atomic mass is 32.2. The number of carboxylic acids is 1. The lowest BCUT2D eigenvalue weighted by Gasteiger charge is -2.06. The van der Waals surface area contributed by atoms with Crippen molar-refractivity contribution in [2.24, 2.45) is 0 Å². The summed E-state index contributed by atoms with van der Waals surface area (Å²) in [6.07, 6.45) is -0.252. The van der Waals surface area contributed by atoms with Crippen molar-refractivity contribution in [3.05, 3.63) is 59.7 Å². The van der Waals surface area contributed by atoms with Gasteiger partial charge in [-0.3, -0.25) is 14.4 Å². The number of carbonyl (C=O) groups is 3. The Morgan fingerprint density at radius 2 is 1.60 bits per heavy atom. The zero-order valence-corrected chi connectivity index (χ0v) is 14.6. The number of amides is 1. The van der Waals surface area contributed by atoms with Gasteiger partial charge in [0, 0.05) is 22.6 Å². The molecule has 2 rings (SSSR count). The molecule has 0 aliphatic carbocycles. The number of aliphatic carboxylic acids is 1. The summed E-state index contributed by atoms with van der Waals surface area (Å²) >= 11 is 1.43. The van der Waals surface area contributed by atoms with E-state index < -0.39 is 5.97 Å². The summed E-state index contributed by atoms with van der Waals surface area (Å²) in [5.74, 6) is -0.929. The summed E-state index contributed by atoms with van der Waals surface area (Å²) in [5.41, 5.74) is 2.41. The number of Topliss-reactive ketones (excluding diaryl/α,β-unsaturated/α-hetero) is 1. The Morgan fingerprint density at radius 3 is 2.20 bits per heavy atom. The minimum Gasteiger partial charge on any atom is -0.481 e. The molecule has 130 valence electrons. The van der Waals surface area contributed by atoms with E-state index in [9.17, 15) is 14.4 Å². The fourth-order valence-corrected chi connectivity index (χ4v) is 2.84. The minimum atomic E-state index is -1.000. The summed E-state index contributed by atoms with van der Waals surface area (Å²) in [4.78, 5) is 35.1. The van der Waals surface area contributed by atoms with Crippen LogP contribution in [0.3, 0.4) is 0 Å². The molecule has 0 atom stereocenters. The molecule has 2 aromatic carbocycles. The molecule has 0 fully saturated rings. The maximum atomic E-state index is 12.1. The summed E-state index contributed by atoms with van der Waals surface area (Å²) < 4.78 is 0. The van der Waals surface area contributed by atoms with Gasteiger partial charge in [-0.1, -0.05) is 29.8 Å². The molecule has 0 saturated heterocycles. The highest BCUT2D eigenvalue weighted by molar-refractivity contribution is 8.00. The van der Waals surface area contributed by atoms with Gasteiger partial charge in [0.15, 0.2) is 5.78 Å². The number of carbonyl (C=O) groups excluding carboxylic acids is 2. The molecule has 0 radical (unpaired) electrons. The zero-order chi connectivity index (χ0) is 18.2. The average molecular weight is 357 g/mol. The number of hydrogen-bond acceptors (Lipinski definition) is 4. The first-order valence-electron chi connectivity index (χ1n) is 7.78. The number of carboxylic acid groups (broad SMARTS) is 1. The topological polar surface area (TPSA) is 83.5 Å². The Morgan fingerprint density at radius 1 is 0.960 bits per heavy atom. The third kappa shape index (κ3) is 6.43. The maximum absolute atomic E-state index is 12.1. The summed E-state index contributed by atoms with van der Waals surface area (Å²) in [7, 11) is 0. The molecule has 0 aliphatic heterocycles. The van der Waals surface area contributed by atoms with Gasteiger partial charge in [0.1, 0.15) is 0 Å². The number of aryl methyl sites for hydroxylation is 1. The molecule has 6 heteroatoms. The second-order valence-electron chi connectivity index (χ2n) is 5.54. The zero-order valence-electron chi connectivity index (χ0n) is 13.8. The fourth-order valence-electron chi connectivity index (χ4n) is 2.05. The Kier molecular flexibility index (Phi) is 6.77. The van der Waals surface area contributed by atoms with Crippen molar-refractivity contribution < 1.29 is 19.5 Å². The van der Waals surface area contributed by atoms with Crippen molar-refractivity contribution in [3.8, 4) is 0 Å². The van der Waals surface area contributed by atoms with Crippen LogP contribution in [0, 0.1) is 6.92 Å². The van der Waals surface area contributed by atoms with E-state index in [1.807, 2.05) is 43.3 Å². The fraction of sp³-hybridized carbons (Fsp3) is 0.211. The second kappa shape index (κ2) is 9.03. The van der Waals surface area contributed by atoms with Crippen molar-refractivity contribution in [1.82, 2.24) is 0 Å². The first-order chi connectivity index (χ1) is 11.9. The van der Waals surface area contributed by atoms with Crippen molar-refractivity contribution >= 4 is 35.1 Å². The number of ketones is 1. The van der Waals surface area contributed by atoms with Crippen LogP contribution in [0.4, 0.5) is 5.69 Å². The summed E-state index contributed by atoms with van der Waals surface area (Å²) in [6.45, 7) is 1.98. The minimum absolute atomic E-state index is 0.0586. The summed E-state index contributed by atoms with van der Waals surface area (Å²) in [6, 6.07) is 14.6. The normalized spacial score (nSPS) is 10.3. The van der Waals surface area contributed by atoms with Crippen molar-refractivity contribution in [3.63, 3.8) is 0 Å². The van der Waals surface area contributed by atoms with Crippen LogP contribution in [0.15, 0.2) is 53.4 Å². The molecule has 1 amide bonds. The molecule has 2 aromatic rings. The van der Waals surface area contributed by atoms with Gasteiger partial charge in [0.05, 0.1) is 12.2 Å². The Balaban J connectivity index is 1.83. The lowest BCUT2D eigenvalue weighted by Crippen LogP contribution is -2.13. The van der Waals surface area contributed by atoms with E-state index in [1.54, 1.807) is 12.1 Å². The molecule has 2 N–H and O–H groups in total. The third-order valence-electron chi connectivity index (χ3n) is 3.45. The van der Waals surface area contributed by atoms with Crippen LogP contribution in [0.1, 0.15) is 28.8 Å². The van der Waals surface area contributed by atoms with Crippen molar-refractivity contribution in [2.45, 2.75) is 24.7 Å². The van der Waals surface area contributed by atoms with Gasteiger partial charge in [-0.2, -0.15) is 0 Å². The highest BCUT2D eigenvalue weighted by Crippen LogP contribution is 2.21. The molecule has 0 unspecified atom stereocenters. The summed E-state index contributed by atoms with van der Waals surface area (Å²) in [5, 5.41) is 11.2. The SMILES string of the molecule is Cc1ccc(C(=O)CSc2ccc(NC(=O)CCC(=O)O)cc2)cc1. The van der Waals surface area contributed by atoms with Crippen LogP contribution in [-0.2, 0) is 9.59 Å². The Bertz CT molecular complexity index is 754. The number of anilines is 1. The molecular formula is C19H19NO4S. The number of thioether (sulfide) groups is 1. The van der Waals surface area contributed by atoms with Crippen LogP contribution in [0.5, 0.6) is 0 Å². The Labute approximate surface area is 150 Å². The van der Waals surface area contributed by atoms with Gasteiger partial charge in [0.2, 0.25) is 5.91 Å². The molecule has 0 aliphatic rings. The van der Waals surface area contributed by atoms with Crippen molar-refractivity contribution in [1.29, 1.82) is 0 Å². The van der Waals surface area contributed by atoms with Crippen LogP contribution in [0.2, 0.25) is 0 Å². The highest BCUT2D eigenvalue weighted by Gasteiger charge is 2.08. The number of nitrogens with one attached hydrogen (secondary N) is 1. The number of hydrogen-bond donors (Lipinski definition) is 2. The molecule has 25 heavy (non-hydrogen) atoms. The maximum Gasteiger partial charge on any atom is 0.303 e. The lowest BCUT2D eigenvalue weighted by molar-refractivity contribution is -0.138. The van der Waals surface area contributed by atoms with Crippen LogP contribution in [-0.4, -0.2) is 28.5 Å². The monoisotopic (exact) mass is 357 g/mol. The molecule has 0 saturated carbocycles. The molecule has 0 bridgehead atoms. The first-order valence-corrected chi connectivity index (χ1v) is 8.77. The second-order valence-corrected chi connectivity index (χ2v) is 6.59. The van der Waals surface area contributed by atoms with E-state index in [4.69, 9.17) is 5.11 Å².